The second-order valence-corrected chi connectivity index (χ2v) is 6.30. The quantitative estimate of drug-likeness (QED) is 0.695. The first-order valence-electron chi connectivity index (χ1n) is 8.31. The molecule has 2 aromatic carbocycles. The van der Waals surface area contributed by atoms with Crippen LogP contribution in [0.4, 0.5) is 13.2 Å². The number of fused-ring (bicyclic) bond motifs is 1. The van der Waals surface area contributed by atoms with E-state index >= 15 is 0 Å². The number of rotatable bonds is 5. The van der Waals surface area contributed by atoms with Crippen molar-refractivity contribution in [3.63, 3.8) is 0 Å². The molecule has 9 heteroatoms. The highest BCUT2D eigenvalue weighted by atomic mass is 19.4. The molecule has 6 nitrogen and oxygen atoms in total. The summed E-state index contributed by atoms with van der Waals surface area (Å²) in [4.78, 5) is 17.9. The smallest absolute Gasteiger partial charge is 0.416 e. The SMILES string of the molecule is CN(C[C@@H](O)CO)C(=O)c1ccc2oc(-c3ccc(C(F)(F)F)cc3)nc2c1. The number of aliphatic hydroxyl groups excluding tert-OH is 2. The van der Waals surface area contributed by atoms with Gasteiger partial charge in [0.25, 0.3) is 5.91 Å². The number of halogens is 3. The molecule has 1 heterocycles. The van der Waals surface area contributed by atoms with E-state index in [1.54, 1.807) is 6.07 Å². The number of likely N-dealkylation sites (N-methyl/N-ethyl adjacent to an activating group) is 1. The van der Waals surface area contributed by atoms with Crippen LogP contribution in [0.2, 0.25) is 0 Å². The largest absolute Gasteiger partial charge is 0.436 e. The Bertz CT molecular complexity index is 983. The number of amides is 1. The number of hydrogen-bond acceptors (Lipinski definition) is 5. The number of carbonyl (C=O) groups excluding carboxylic acids is 1. The second-order valence-electron chi connectivity index (χ2n) is 6.30. The Morgan fingerprint density at radius 2 is 1.89 bits per heavy atom. The van der Waals surface area contributed by atoms with Crippen molar-refractivity contribution in [2.24, 2.45) is 0 Å². The number of aromatic nitrogens is 1. The van der Waals surface area contributed by atoms with Crippen molar-refractivity contribution < 1.29 is 32.6 Å². The van der Waals surface area contributed by atoms with Crippen LogP contribution in [0.15, 0.2) is 46.9 Å². The zero-order chi connectivity index (χ0) is 20.5. The summed E-state index contributed by atoms with van der Waals surface area (Å²) in [5.74, 6) is -0.245. The van der Waals surface area contributed by atoms with E-state index in [0.717, 1.165) is 12.1 Å². The molecular formula is C19H17F3N2O4. The molecule has 0 spiro atoms. The molecule has 0 aliphatic heterocycles. The van der Waals surface area contributed by atoms with Crippen molar-refractivity contribution in [3.05, 3.63) is 53.6 Å². The monoisotopic (exact) mass is 394 g/mol. The second kappa shape index (κ2) is 7.61. The van der Waals surface area contributed by atoms with E-state index in [4.69, 9.17) is 9.52 Å². The molecule has 0 unspecified atom stereocenters. The summed E-state index contributed by atoms with van der Waals surface area (Å²) >= 11 is 0. The molecule has 0 saturated heterocycles. The third-order valence-corrected chi connectivity index (χ3v) is 4.14. The Hall–Kier alpha value is -2.91. The van der Waals surface area contributed by atoms with Gasteiger partial charge in [0.2, 0.25) is 5.89 Å². The summed E-state index contributed by atoms with van der Waals surface area (Å²) in [7, 11) is 1.49. The minimum absolute atomic E-state index is 0.0387. The molecule has 1 aromatic heterocycles. The van der Waals surface area contributed by atoms with Crippen LogP contribution in [-0.4, -0.2) is 52.3 Å². The number of oxazole rings is 1. The average molecular weight is 394 g/mol. The predicted molar refractivity (Wildman–Crippen MR) is 94.5 cm³/mol. The van der Waals surface area contributed by atoms with Crippen molar-refractivity contribution in [2.75, 3.05) is 20.2 Å². The molecule has 3 aromatic rings. The molecule has 0 aliphatic carbocycles. The minimum Gasteiger partial charge on any atom is -0.436 e. The maximum absolute atomic E-state index is 12.7. The van der Waals surface area contributed by atoms with E-state index < -0.39 is 24.5 Å². The van der Waals surface area contributed by atoms with E-state index in [0.29, 0.717) is 22.2 Å². The molecule has 1 amide bonds. The van der Waals surface area contributed by atoms with Gasteiger partial charge in [-0.25, -0.2) is 4.98 Å². The topological polar surface area (TPSA) is 86.8 Å². The van der Waals surface area contributed by atoms with Gasteiger partial charge in [-0.05, 0) is 42.5 Å². The lowest BCUT2D eigenvalue weighted by atomic mass is 10.1. The first-order chi connectivity index (χ1) is 13.2. The zero-order valence-corrected chi connectivity index (χ0v) is 14.8. The van der Waals surface area contributed by atoms with Gasteiger partial charge in [0, 0.05) is 24.7 Å². The van der Waals surface area contributed by atoms with E-state index in [1.165, 1.54) is 36.2 Å². The summed E-state index contributed by atoms with van der Waals surface area (Å²) in [6.45, 7) is -0.501. The van der Waals surface area contributed by atoms with E-state index in [9.17, 15) is 23.1 Å². The molecule has 0 radical (unpaired) electrons. The maximum Gasteiger partial charge on any atom is 0.416 e. The standard InChI is InChI=1S/C19H17F3N2O4/c1-24(9-14(26)10-25)18(27)12-4-7-16-15(8-12)23-17(28-16)11-2-5-13(6-3-11)19(20,21)22/h2-8,14,25-26H,9-10H2,1H3/t14-/m1/s1. The van der Waals surface area contributed by atoms with Gasteiger partial charge in [-0.2, -0.15) is 13.2 Å². The van der Waals surface area contributed by atoms with Crippen LogP contribution in [0.25, 0.3) is 22.6 Å². The van der Waals surface area contributed by atoms with Crippen LogP contribution in [0.5, 0.6) is 0 Å². The van der Waals surface area contributed by atoms with Crippen LogP contribution >= 0.6 is 0 Å². The van der Waals surface area contributed by atoms with Gasteiger partial charge in [0.1, 0.15) is 5.52 Å². The Kier molecular flexibility index (Phi) is 5.39. The summed E-state index contributed by atoms with van der Waals surface area (Å²) in [6, 6.07) is 8.98. The van der Waals surface area contributed by atoms with Crippen LogP contribution in [0.1, 0.15) is 15.9 Å². The number of carbonyl (C=O) groups is 1. The fraction of sp³-hybridized carbons (Fsp3) is 0.263. The predicted octanol–water partition coefficient (Wildman–Crippen LogP) is 2.94. The third kappa shape index (κ3) is 4.15. The van der Waals surface area contributed by atoms with Gasteiger partial charge in [0.15, 0.2) is 5.58 Å². The molecule has 2 N–H and O–H groups in total. The van der Waals surface area contributed by atoms with Gasteiger partial charge < -0.3 is 19.5 Å². The van der Waals surface area contributed by atoms with Crippen LogP contribution in [-0.2, 0) is 6.18 Å². The minimum atomic E-state index is -4.43. The van der Waals surface area contributed by atoms with Gasteiger partial charge in [-0.1, -0.05) is 0 Å². The molecular weight excluding hydrogens is 377 g/mol. The summed E-state index contributed by atoms with van der Waals surface area (Å²) in [5.41, 5.74) is 0.655. The number of alkyl halides is 3. The highest BCUT2D eigenvalue weighted by molar-refractivity contribution is 5.97. The fourth-order valence-corrected chi connectivity index (χ4v) is 2.66. The van der Waals surface area contributed by atoms with Crippen LogP contribution in [0.3, 0.4) is 0 Å². The van der Waals surface area contributed by atoms with Gasteiger partial charge in [-0.3, -0.25) is 4.79 Å². The lowest BCUT2D eigenvalue weighted by Crippen LogP contribution is -2.35. The van der Waals surface area contributed by atoms with Gasteiger partial charge >= 0.3 is 6.18 Å². The number of aliphatic hydroxyl groups is 2. The molecule has 3 rings (SSSR count). The molecule has 1 atom stereocenters. The average Bonchev–Trinajstić information content (AvgIpc) is 3.09. The fourth-order valence-electron chi connectivity index (χ4n) is 2.66. The van der Waals surface area contributed by atoms with E-state index in [2.05, 4.69) is 4.98 Å². The van der Waals surface area contributed by atoms with Crippen LogP contribution < -0.4 is 0 Å². The Morgan fingerprint density at radius 3 is 2.50 bits per heavy atom. The number of hydrogen-bond donors (Lipinski definition) is 2. The Balaban J connectivity index is 1.86. The Morgan fingerprint density at radius 1 is 1.21 bits per heavy atom. The van der Waals surface area contributed by atoms with Crippen molar-refractivity contribution in [1.82, 2.24) is 9.88 Å². The Labute approximate surface area is 157 Å². The molecule has 0 saturated carbocycles. The summed E-state index contributed by atoms with van der Waals surface area (Å²) in [6.07, 6.45) is -5.47. The lowest BCUT2D eigenvalue weighted by Gasteiger charge is -2.19. The highest BCUT2D eigenvalue weighted by Gasteiger charge is 2.30. The van der Waals surface area contributed by atoms with Crippen molar-refractivity contribution in [1.29, 1.82) is 0 Å². The van der Waals surface area contributed by atoms with E-state index in [-0.39, 0.29) is 18.3 Å². The molecule has 148 valence electrons. The first-order valence-corrected chi connectivity index (χ1v) is 8.31. The zero-order valence-electron chi connectivity index (χ0n) is 14.8. The van der Waals surface area contributed by atoms with Crippen molar-refractivity contribution in [2.45, 2.75) is 12.3 Å². The highest BCUT2D eigenvalue weighted by Crippen LogP contribution is 2.31. The van der Waals surface area contributed by atoms with Crippen molar-refractivity contribution >= 4 is 17.0 Å². The normalized spacial score (nSPS) is 12.9. The molecule has 0 bridgehead atoms. The van der Waals surface area contributed by atoms with E-state index in [1.807, 2.05) is 0 Å². The summed E-state index contributed by atoms with van der Waals surface area (Å²) < 4.78 is 43.6. The number of nitrogens with zero attached hydrogens (tertiary/aromatic N) is 2. The van der Waals surface area contributed by atoms with Crippen LogP contribution in [0, 0.1) is 0 Å². The molecule has 0 fully saturated rings. The van der Waals surface area contributed by atoms with Crippen molar-refractivity contribution in [3.8, 4) is 11.5 Å². The molecule has 0 aliphatic rings. The number of benzene rings is 2. The summed E-state index contributed by atoms with van der Waals surface area (Å²) in [5, 5.41) is 18.3. The maximum atomic E-state index is 12.7. The first kappa shape index (κ1) is 19.8. The third-order valence-electron chi connectivity index (χ3n) is 4.14. The van der Waals surface area contributed by atoms with Gasteiger partial charge in [-0.15, -0.1) is 0 Å². The lowest BCUT2D eigenvalue weighted by molar-refractivity contribution is -0.137. The van der Waals surface area contributed by atoms with Gasteiger partial charge in [0.05, 0.1) is 18.3 Å². The molecule has 28 heavy (non-hydrogen) atoms.